The summed E-state index contributed by atoms with van der Waals surface area (Å²) in [5, 5.41) is 20.9. The van der Waals surface area contributed by atoms with Crippen LogP contribution < -0.4 is 4.74 Å². The van der Waals surface area contributed by atoms with Crippen LogP contribution in [0.15, 0.2) is 16.6 Å². The summed E-state index contributed by atoms with van der Waals surface area (Å²) in [6, 6.07) is 2.75. The minimum atomic E-state index is -0.606. The molecule has 1 fully saturated rings. The minimum Gasteiger partial charge on any atom is -0.480 e. The molecule has 1 aromatic rings. The highest BCUT2D eigenvalue weighted by atomic mass is 79.9. The molecule has 8 heteroatoms. The van der Waals surface area contributed by atoms with Crippen LogP contribution in [-0.4, -0.2) is 34.9 Å². The highest BCUT2D eigenvalue weighted by Crippen LogP contribution is 2.41. The van der Waals surface area contributed by atoms with Crippen molar-refractivity contribution in [2.24, 2.45) is 0 Å². The SMILES string of the molecule is CCOC1C(O)CC1Oc1c(Br)cc(Cl)cc1[N+](=O)[O-]. The topological polar surface area (TPSA) is 81.8 Å². The maximum atomic E-state index is 11.1. The van der Waals surface area contributed by atoms with Gasteiger partial charge in [-0.3, -0.25) is 10.1 Å². The molecule has 6 nitrogen and oxygen atoms in total. The van der Waals surface area contributed by atoms with Gasteiger partial charge in [0.25, 0.3) is 0 Å². The van der Waals surface area contributed by atoms with Gasteiger partial charge in [-0.15, -0.1) is 0 Å². The van der Waals surface area contributed by atoms with Gasteiger partial charge in [0.2, 0.25) is 5.75 Å². The van der Waals surface area contributed by atoms with Crippen LogP contribution in [0.3, 0.4) is 0 Å². The second-order valence-electron chi connectivity index (χ2n) is 4.37. The number of halogens is 2. The maximum absolute atomic E-state index is 11.1. The highest BCUT2D eigenvalue weighted by molar-refractivity contribution is 9.10. The third kappa shape index (κ3) is 3.06. The zero-order valence-electron chi connectivity index (χ0n) is 10.6. The normalized spacial score (nSPS) is 25.1. The van der Waals surface area contributed by atoms with Crippen LogP contribution in [-0.2, 0) is 4.74 Å². The summed E-state index contributed by atoms with van der Waals surface area (Å²) in [4.78, 5) is 10.5. The largest absolute Gasteiger partial charge is 0.480 e. The second-order valence-corrected chi connectivity index (χ2v) is 5.66. The average Bonchev–Trinajstić information content (AvgIpc) is 2.37. The van der Waals surface area contributed by atoms with E-state index in [1.807, 2.05) is 6.92 Å². The summed E-state index contributed by atoms with van der Waals surface area (Å²) in [5.74, 6) is 0.0982. The van der Waals surface area contributed by atoms with E-state index in [9.17, 15) is 15.2 Å². The van der Waals surface area contributed by atoms with Gasteiger partial charge in [-0.1, -0.05) is 11.6 Å². The number of benzene rings is 1. The van der Waals surface area contributed by atoms with E-state index >= 15 is 0 Å². The molecule has 110 valence electrons. The smallest absolute Gasteiger partial charge is 0.313 e. The summed E-state index contributed by atoms with van der Waals surface area (Å²) in [7, 11) is 0. The average molecular weight is 367 g/mol. The fourth-order valence-corrected chi connectivity index (χ4v) is 2.92. The third-order valence-electron chi connectivity index (χ3n) is 3.03. The predicted octanol–water partition coefficient (Wildman–Crippen LogP) is 2.93. The lowest BCUT2D eigenvalue weighted by molar-refractivity contribution is -0.386. The first kappa shape index (κ1) is 15.5. The van der Waals surface area contributed by atoms with Crippen molar-refractivity contribution in [2.45, 2.75) is 31.7 Å². The Balaban J connectivity index is 2.23. The molecule has 0 saturated heterocycles. The van der Waals surface area contributed by atoms with E-state index in [-0.39, 0.29) is 16.5 Å². The lowest BCUT2D eigenvalue weighted by Gasteiger charge is -2.40. The van der Waals surface area contributed by atoms with E-state index in [1.54, 1.807) is 0 Å². The summed E-state index contributed by atoms with van der Waals surface area (Å²) in [6.07, 6.45) is -1.12. The van der Waals surface area contributed by atoms with Gasteiger partial charge >= 0.3 is 5.69 Å². The summed E-state index contributed by atoms with van der Waals surface area (Å²) in [5.41, 5.74) is -0.221. The molecule has 0 spiro atoms. The number of aliphatic hydroxyl groups is 1. The molecule has 3 unspecified atom stereocenters. The molecule has 0 bridgehead atoms. The number of hydrogen-bond acceptors (Lipinski definition) is 5. The molecule has 2 rings (SSSR count). The maximum Gasteiger partial charge on any atom is 0.313 e. The molecule has 0 aliphatic heterocycles. The van der Waals surface area contributed by atoms with Gasteiger partial charge in [0.05, 0.1) is 15.5 Å². The molecular weight excluding hydrogens is 353 g/mol. The quantitative estimate of drug-likeness (QED) is 0.640. The number of aliphatic hydroxyl groups excluding tert-OH is 1. The van der Waals surface area contributed by atoms with E-state index in [0.717, 1.165) is 0 Å². The van der Waals surface area contributed by atoms with Gasteiger partial charge in [0.15, 0.2) is 0 Å². The van der Waals surface area contributed by atoms with Crippen molar-refractivity contribution in [1.29, 1.82) is 0 Å². The van der Waals surface area contributed by atoms with Gasteiger partial charge in [0, 0.05) is 24.1 Å². The molecule has 20 heavy (non-hydrogen) atoms. The number of rotatable bonds is 5. The van der Waals surface area contributed by atoms with E-state index in [4.69, 9.17) is 21.1 Å². The first-order valence-corrected chi connectivity index (χ1v) is 7.21. The van der Waals surface area contributed by atoms with Crippen molar-refractivity contribution in [2.75, 3.05) is 6.61 Å². The Hall–Kier alpha value is -0.890. The van der Waals surface area contributed by atoms with Crippen LogP contribution >= 0.6 is 27.5 Å². The van der Waals surface area contributed by atoms with Crippen LogP contribution in [0, 0.1) is 10.1 Å². The fourth-order valence-electron chi connectivity index (χ4n) is 2.03. The van der Waals surface area contributed by atoms with Crippen molar-refractivity contribution in [1.82, 2.24) is 0 Å². The molecule has 1 N–H and O–H groups in total. The first-order chi connectivity index (χ1) is 9.43. The third-order valence-corrected chi connectivity index (χ3v) is 3.84. The molecule has 0 amide bonds. The predicted molar refractivity (Wildman–Crippen MR) is 76.3 cm³/mol. The van der Waals surface area contributed by atoms with E-state index in [2.05, 4.69) is 15.9 Å². The van der Waals surface area contributed by atoms with E-state index < -0.39 is 23.2 Å². The molecule has 1 aliphatic rings. The van der Waals surface area contributed by atoms with Gasteiger partial charge in [-0.25, -0.2) is 0 Å². The van der Waals surface area contributed by atoms with Gasteiger partial charge in [-0.05, 0) is 28.9 Å². The first-order valence-electron chi connectivity index (χ1n) is 6.03. The van der Waals surface area contributed by atoms with Crippen molar-refractivity contribution in [3.8, 4) is 5.75 Å². The Morgan fingerprint density at radius 2 is 2.30 bits per heavy atom. The molecule has 3 atom stereocenters. The van der Waals surface area contributed by atoms with Crippen LogP contribution in [0.4, 0.5) is 5.69 Å². The zero-order valence-corrected chi connectivity index (χ0v) is 12.9. The summed E-state index contributed by atoms with van der Waals surface area (Å²) < 4.78 is 11.4. The fraction of sp³-hybridized carbons (Fsp3) is 0.500. The Kier molecular flexibility index (Phi) is 4.85. The summed E-state index contributed by atoms with van der Waals surface area (Å²) in [6.45, 7) is 2.24. The lowest BCUT2D eigenvalue weighted by Crippen LogP contribution is -2.55. The molecule has 0 aromatic heterocycles. The second kappa shape index (κ2) is 6.26. The molecular formula is C12H13BrClNO5. The Bertz CT molecular complexity index is 527. The van der Waals surface area contributed by atoms with Crippen molar-refractivity contribution in [3.63, 3.8) is 0 Å². The van der Waals surface area contributed by atoms with Gasteiger partial charge in [-0.2, -0.15) is 0 Å². The number of nitrogens with zero attached hydrogens (tertiary/aromatic N) is 1. The standard InChI is InChI=1S/C12H13BrClNO5/c1-2-19-12-9(16)5-10(12)20-11-7(13)3-6(14)4-8(11)15(17)18/h3-4,9-10,12,16H,2,5H2,1H3. The molecule has 0 heterocycles. The van der Waals surface area contributed by atoms with Gasteiger partial charge < -0.3 is 14.6 Å². The number of ether oxygens (including phenoxy) is 2. The monoisotopic (exact) mass is 365 g/mol. The molecule has 1 aliphatic carbocycles. The van der Waals surface area contributed by atoms with Crippen LogP contribution in [0.1, 0.15) is 13.3 Å². The summed E-state index contributed by atoms with van der Waals surface area (Å²) >= 11 is 9.00. The minimum absolute atomic E-state index is 0.0982. The van der Waals surface area contributed by atoms with Crippen LogP contribution in [0.5, 0.6) is 5.75 Å². The lowest BCUT2D eigenvalue weighted by atomic mass is 9.88. The molecule has 0 radical (unpaired) electrons. The Morgan fingerprint density at radius 3 is 2.85 bits per heavy atom. The van der Waals surface area contributed by atoms with Crippen molar-refractivity contribution in [3.05, 3.63) is 31.7 Å². The number of nitro groups is 1. The van der Waals surface area contributed by atoms with E-state index in [0.29, 0.717) is 17.5 Å². The number of hydrogen-bond donors (Lipinski definition) is 1. The zero-order chi connectivity index (χ0) is 14.9. The van der Waals surface area contributed by atoms with Crippen LogP contribution in [0.2, 0.25) is 5.02 Å². The van der Waals surface area contributed by atoms with Gasteiger partial charge in [0.1, 0.15) is 12.2 Å². The Labute approximate surface area is 128 Å². The van der Waals surface area contributed by atoms with Crippen molar-refractivity contribution >= 4 is 33.2 Å². The Morgan fingerprint density at radius 1 is 1.60 bits per heavy atom. The van der Waals surface area contributed by atoms with Crippen molar-refractivity contribution < 1.29 is 19.5 Å². The van der Waals surface area contributed by atoms with E-state index in [1.165, 1.54) is 12.1 Å². The molecule has 1 saturated carbocycles. The number of nitro benzene ring substituents is 1. The highest BCUT2D eigenvalue weighted by Gasteiger charge is 2.43. The van der Waals surface area contributed by atoms with Crippen LogP contribution in [0.25, 0.3) is 0 Å². The molecule has 1 aromatic carbocycles.